The number of rotatable bonds is 2. The first-order valence-electron chi connectivity index (χ1n) is 4.62. The lowest BCUT2D eigenvalue weighted by molar-refractivity contribution is 0.209. The molecule has 2 rings (SSSR count). The van der Waals surface area contributed by atoms with Gasteiger partial charge in [-0.3, -0.25) is 4.98 Å². The second kappa shape index (κ2) is 3.78. The summed E-state index contributed by atoms with van der Waals surface area (Å²) >= 11 is 0. The van der Waals surface area contributed by atoms with Gasteiger partial charge in [0.05, 0.1) is 11.9 Å². The highest BCUT2D eigenvalue weighted by atomic mass is 16.3. The van der Waals surface area contributed by atoms with Crippen molar-refractivity contribution in [3.63, 3.8) is 0 Å². The Morgan fingerprint density at radius 3 is 2.73 bits per heavy atom. The standard InChI is InChI=1S/C10H12N4O/c1-7-3-8(5-11-4-7)10(15)9-6-12-13-14(9)2/h3-6,10,15H,1-2H3. The zero-order valence-corrected chi connectivity index (χ0v) is 8.62. The van der Waals surface area contributed by atoms with Crippen molar-refractivity contribution in [1.82, 2.24) is 20.0 Å². The third-order valence-corrected chi connectivity index (χ3v) is 2.24. The van der Waals surface area contributed by atoms with Crippen LogP contribution in [0.3, 0.4) is 0 Å². The molecule has 5 nitrogen and oxygen atoms in total. The van der Waals surface area contributed by atoms with Crippen molar-refractivity contribution in [2.45, 2.75) is 13.0 Å². The van der Waals surface area contributed by atoms with E-state index in [9.17, 15) is 5.11 Å². The molecular formula is C10H12N4O. The minimum atomic E-state index is -0.725. The van der Waals surface area contributed by atoms with Gasteiger partial charge in [-0.1, -0.05) is 11.3 Å². The maximum Gasteiger partial charge on any atom is 0.124 e. The van der Waals surface area contributed by atoms with Crippen molar-refractivity contribution in [1.29, 1.82) is 0 Å². The average molecular weight is 204 g/mol. The second-order valence-corrected chi connectivity index (χ2v) is 3.48. The number of aliphatic hydroxyl groups is 1. The normalized spacial score (nSPS) is 12.7. The molecule has 0 aliphatic carbocycles. The lowest BCUT2D eigenvalue weighted by Crippen LogP contribution is -2.07. The quantitative estimate of drug-likeness (QED) is 0.778. The lowest BCUT2D eigenvalue weighted by Gasteiger charge is -2.10. The Morgan fingerprint density at radius 1 is 1.33 bits per heavy atom. The van der Waals surface area contributed by atoms with Gasteiger partial charge < -0.3 is 5.11 Å². The van der Waals surface area contributed by atoms with Crippen LogP contribution in [0.2, 0.25) is 0 Å². The van der Waals surface area contributed by atoms with E-state index in [4.69, 9.17) is 0 Å². The largest absolute Gasteiger partial charge is 0.382 e. The molecule has 0 saturated heterocycles. The highest BCUT2D eigenvalue weighted by Gasteiger charge is 2.14. The Labute approximate surface area is 87.4 Å². The third kappa shape index (κ3) is 1.87. The number of nitrogens with zero attached hydrogens (tertiary/aromatic N) is 4. The first kappa shape index (κ1) is 9.79. The van der Waals surface area contributed by atoms with E-state index in [2.05, 4.69) is 15.3 Å². The summed E-state index contributed by atoms with van der Waals surface area (Å²) in [5.41, 5.74) is 2.42. The molecule has 2 heterocycles. The predicted molar refractivity (Wildman–Crippen MR) is 54.0 cm³/mol. The fourth-order valence-electron chi connectivity index (χ4n) is 1.44. The lowest BCUT2D eigenvalue weighted by atomic mass is 10.1. The van der Waals surface area contributed by atoms with Gasteiger partial charge in [0.15, 0.2) is 0 Å². The summed E-state index contributed by atoms with van der Waals surface area (Å²) in [6.45, 7) is 1.94. The molecule has 0 fully saturated rings. The topological polar surface area (TPSA) is 63.8 Å². The van der Waals surface area contributed by atoms with Crippen LogP contribution in [-0.4, -0.2) is 25.1 Å². The van der Waals surface area contributed by atoms with Crippen LogP contribution >= 0.6 is 0 Å². The molecule has 0 amide bonds. The van der Waals surface area contributed by atoms with Crippen LogP contribution in [-0.2, 0) is 7.05 Å². The summed E-state index contributed by atoms with van der Waals surface area (Å²) in [7, 11) is 1.74. The number of pyridine rings is 1. The summed E-state index contributed by atoms with van der Waals surface area (Å²) in [5.74, 6) is 0. The van der Waals surface area contributed by atoms with Gasteiger partial charge in [-0.05, 0) is 12.5 Å². The van der Waals surface area contributed by atoms with E-state index in [1.165, 1.54) is 0 Å². The summed E-state index contributed by atoms with van der Waals surface area (Å²) < 4.78 is 1.55. The molecule has 78 valence electrons. The zero-order chi connectivity index (χ0) is 10.8. The molecule has 1 atom stereocenters. The van der Waals surface area contributed by atoms with E-state index in [1.807, 2.05) is 13.0 Å². The van der Waals surface area contributed by atoms with E-state index in [0.29, 0.717) is 5.69 Å². The molecule has 2 aromatic rings. The van der Waals surface area contributed by atoms with Crippen LogP contribution in [0.1, 0.15) is 22.9 Å². The Bertz CT molecular complexity index is 466. The first-order chi connectivity index (χ1) is 7.18. The van der Waals surface area contributed by atoms with Gasteiger partial charge in [-0.2, -0.15) is 0 Å². The fourth-order valence-corrected chi connectivity index (χ4v) is 1.44. The average Bonchev–Trinajstić information content (AvgIpc) is 2.63. The molecule has 0 aromatic carbocycles. The number of hydrogen-bond acceptors (Lipinski definition) is 4. The maximum atomic E-state index is 10.0. The Hall–Kier alpha value is -1.75. The minimum Gasteiger partial charge on any atom is -0.382 e. The molecular weight excluding hydrogens is 192 g/mol. The molecule has 1 unspecified atom stereocenters. The maximum absolute atomic E-state index is 10.0. The Balaban J connectivity index is 2.36. The highest BCUT2D eigenvalue weighted by molar-refractivity contribution is 5.24. The predicted octanol–water partition coefficient (Wildman–Crippen LogP) is 0.600. The van der Waals surface area contributed by atoms with Crippen LogP contribution in [0, 0.1) is 6.92 Å². The zero-order valence-electron chi connectivity index (χ0n) is 8.62. The van der Waals surface area contributed by atoms with Gasteiger partial charge in [-0.25, -0.2) is 4.68 Å². The Kier molecular flexibility index (Phi) is 2.47. The SMILES string of the molecule is Cc1cncc(C(O)c2cnnn2C)c1. The van der Waals surface area contributed by atoms with Crippen LogP contribution in [0.4, 0.5) is 0 Å². The first-order valence-corrected chi connectivity index (χ1v) is 4.62. The summed E-state index contributed by atoms with van der Waals surface area (Å²) in [4.78, 5) is 4.03. The Morgan fingerprint density at radius 2 is 2.13 bits per heavy atom. The molecule has 0 radical (unpaired) electrons. The third-order valence-electron chi connectivity index (χ3n) is 2.24. The molecule has 0 spiro atoms. The number of hydrogen-bond donors (Lipinski definition) is 1. The van der Waals surface area contributed by atoms with E-state index in [0.717, 1.165) is 11.1 Å². The molecule has 0 saturated carbocycles. The van der Waals surface area contributed by atoms with Crippen molar-refractivity contribution in [2.75, 3.05) is 0 Å². The molecule has 2 aromatic heterocycles. The smallest absolute Gasteiger partial charge is 0.124 e. The summed E-state index contributed by atoms with van der Waals surface area (Å²) in [6, 6.07) is 1.89. The van der Waals surface area contributed by atoms with Crippen molar-refractivity contribution in [3.8, 4) is 0 Å². The van der Waals surface area contributed by atoms with Gasteiger partial charge in [0.2, 0.25) is 0 Å². The fraction of sp³-hybridized carbons (Fsp3) is 0.300. The van der Waals surface area contributed by atoms with Crippen LogP contribution < -0.4 is 0 Å². The number of aromatic nitrogens is 4. The molecule has 5 heteroatoms. The minimum absolute atomic E-state index is 0.655. The number of aliphatic hydroxyl groups excluding tert-OH is 1. The van der Waals surface area contributed by atoms with Crippen molar-refractivity contribution in [3.05, 3.63) is 41.5 Å². The second-order valence-electron chi connectivity index (χ2n) is 3.48. The van der Waals surface area contributed by atoms with Crippen LogP contribution in [0.5, 0.6) is 0 Å². The van der Waals surface area contributed by atoms with E-state index in [1.54, 1.807) is 30.3 Å². The van der Waals surface area contributed by atoms with E-state index in [-0.39, 0.29) is 0 Å². The van der Waals surface area contributed by atoms with Gasteiger partial charge >= 0.3 is 0 Å². The van der Waals surface area contributed by atoms with E-state index < -0.39 is 6.10 Å². The van der Waals surface area contributed by atoms with Crippen molar-refractivity contribution in [2.24, 2.45) is 7.05 Å². The molecule has 1 N–H and O–H groups in total. The molecule has 0 aliphatic rings. The van der Waals surface area contributed by atoms with Gasteiger partial charge in [0.25, 0.3) is 0 Å². The summed E-state index contributed by atoms with van der Waals surface area (Å²) in [5, 5.41) is 17.5. The van der Waals surface area contributed by atoms with Gasteiger partial charge in [0, 0.05) is 25.0 Å². The van der Waals surface area contributed by atoms with E-state index >= 15 is 0 Å². The van der Waals surface area contributed by atoms with Crippen LogP contribution in [0.25, 0.3) is 0 Å². The molecule has 15 heavy (non-hydrogen) atoms. The number of aryl methyl sites for hydroxylation is 2. The molecule has 0 aliphatic heterocycles. The highest BCUT2D eigenvalue weighted by Crippen LogP contribution is 2.19. The van der Waals surface area contributed by atoms with Gasteiger partial charge in [0.1, 0.15) is 6.10 Å². The van der Waals surface area contributed by atoms with Gasteiger partial charge in [-0.15, -0.1) is 5.10 Å². The molecule has 0 bridgehead atoms. The van der Waals surface area contributed by atoms with Crippen molar-refractivity contribution < 1.29 is 5.11 Å². The van der Waals surface area contributed by atoms with Crippen LogP contribution in [0.15, 0.2) is 24.7 Å². The summed E-state index contributed by atoms with van der Waals surface area (Å²) in [6.07, 6.45) is 4.22. The van der Waals surface area contributed by atoms with Crippen molar-refractivity contribution >= 4 is 0 Å². The monoisotopic (exact) mass is 204 g/mol.